The van der Waals surface area contributed by atoms with E-state index in [1.54, 1.807) is 7.05 Å². The molecule has 0 aromatic heterocycles. The zero-order chi connectivity index (χ0) is 26.3. The van der Waals surface area contributed by atoms with Crippen LogP contribution in [-0.4, -0.2) is 136 Å². The second kappa shape index (κ2) is 17.1. The van der Waals surface area contributed by atoms with Crippen LogP contribution in [0.15, 0.2) is 0 Å². The van der Waals surface area contributed by atoms with Crippen LogP contribution in [0.2, 0.25) is 0 Å². The topological polar surface area (TPSA) is 214 Å². The van der Waals surface area contributed by atoms with Gasteiger partial charge in [0.1, 0.15) is 11.8 Å². The lowest BCUT2D eigenvalue weighted by Gasteiger charge is -2.31. The number of rotatable bonds is 20. The van der Waals surface area contributed by atoms with Crippen LogP contribution in [0.5, 0.6) is 0 Å². The van der Waals surface area contributed by atoms with Crippen molar-refractivity contribution in [1.82, 2.24) is 20.4 Å². The number of likely N-dealkylation sites (N-methyl/N-ethyl adjacent to an activating group) is 1. The van der Waals surface area contributed by atoms with Gasteiger partial charge in [-0.05, 0) is 14.0 Å². The summed E-state index contributed by atoms with van der Waals surface area (Å²) in [4.78, 5) is 70.5. The van der Waals surface area contributed by atoms with Crippen molar-refractivity contribution in [2.75, 3.05) is 57.8 Å². The predicted molar refractivity (Wildman–Crippen MR) is 124 cm³/mol. The summed E-state index contributed by atoms with van der Waals surface area (Å²) in [5, 5.41) is 41.7. The second-order valence-corrected chi connectivity index (χ2v) is 9.64. The average Bonchev–Trinajstić information content (AvgIpc) is 2.68. The van der Waals surface area contributed by atoms with Crippen LogP contribution >= 0.6 is 21.6 Å². The summed E-state index contributed by atoms with van der Waals surface area (Å²) >= 11 is 0. The Morgan fingerprint density at radius 2 is 1.32 bits per heavy atom. The Balaban J connectivity index is 5.26. The van der Waals surface area contributed by atoms with Crippen LogP contribution in [0.25, 0.3) is 0 Å². The van der Waals surface area contributed by atoms with Crippen LogP contribution in [0, 0.1) is 0 Å². The lowest BCUT2D eigenvalue weighted by molar-refractivity contribution is -0.148. The van der Waals surface area contributed by atoms with Crippen LogP contribution in [0.3, 0.4) is 0 Å². The van der Waals surface area contributed by atoms with E-state index in [-0.39, 0.29) is 18.4 Å². The fourth-order valence-electron chi connectivity index (χ4n) is 2.71. The molecule has 34 heavy (non-hydrogen) atoms. The van der Waals surface area contributed by atoms with E-state index in [4.69, 9.17) is 20.4 Å². The molecule has 0 aliphatic heterocycles. The van der Waals surface area contributed by atoms with Gasteiger partial charge in [-0.3, -0.25) is 38.6 Å². The minimum absolute atomic E-state index is 0.0176. The number of hydrogen-bond donors (Lipinski definition) is 6. The highest BCUT2D eigenvalue weighted by Crippen LogP contribution is 2.21. The summed E-state index contributed by atoms with van der Waals surface area (Å²) in [6.45, 7) is -2.11. The fraction of sp³-hybridized carbons (Fsp3) is 0.667. The van der Waals surface area contributed by atoms with Gasteiger partial charge < -0.3 is 31.1 Å². The minimum Gasteiger partial charge on any atom is -0.480 e. The molecule has 14 nitrogen and oxygen atoms in total. The first-order valence-electron chi connectivity index (χ1n) is 9.90. The molecule has 16 heteroatoms. The molecule has 0 saturated carbocycles. The molecule has 0 bridgehead atoms. The van der Waals surface area contributed by atoms with Crippen molar-refractivity contribution in [3.63, 3.8) is 0 Å². The number of Topliss-reactive ketones (excluding diaryl/α,β-unsaturated/α-hetero) is 1. The summed E-state index contributed by atoms with van der Waals surface area (Å²) < 4.78 is 0. The Morgan fingerprint density at radius 1 is 0.824 bits per heavy atom. The van der Waals surface area contributed by atoms with Crippen molar-refractivity contribution in [1.29, 1.82) is 0 Å². The van der Waals surface area contributed by atoms with Crippen molar-refractivity contribution in [3.8, 4) is 0 Å². The molecule has 0 aliphatic carbocycles. The maximum atomic E-state index is 12.8. The predicted octanol–water partition coefficient (Wildman–Crippen LogP) is -2.03. The molecule has 2 atom stereocenters. The molecule has 0 aliphatic rings. The van der Waals surface area contributed by atoms with E-state index in [0.717, 1.165) is 9.80 Å². The number of amides is 1. The van der Waals surface area contributed by atoms with E-state index in [1.165, 1.54) is 28.5 Å². The smallest absolute Gasteiger partial charge is 0.317 e. The highest BCUT2D eigenvalue weighted by Gasteiger charge is 2.32. The van der Waals surface area contributed by atoms with Gasteiger partial charge in [0.05, 0.1) is 32.2 Å². The van der Waals surface area contributed by atoms with Gasteiger partial charge in [-0.1, -0.05) is 21.6 Å². The van der Waals surface area contributed by atoms with Gasteiger partial charge in [-0.25, -0.2) is 0 Å². The Bertz CT molecular complexity index is 708. The monoisotopic (exact) mass is 526 g/mol. The molecule has 6 N–H and O–H groups in total. The molecule has 1 amide bonds. The number of aliphatic carboxylic acids is 4. The van der Waals surface area contributed by atoms with Crippen LogP contribution in [-0.2, 0) is 28.8 Å². The number of nitrogens with one attached hydrogen (secondary N) is 2. The zero-order valence-corrected chi connectivity index (χ0v) is 20.4. The molecular formula is C18H30N4O10S2. The maximum Gasteiger partial charge on any atom is 0.317 e. The number of carbonyl (C=O) groups is 6. The Labute approximate surface area is 203 Å². The molecule has 194 valence electrons. The third kappa shape index (κ3) is 14.7. The van der Waals surface area contributed by atoms with Crippen molar-refractivity contribution in [3.05, 3.63) is 0 Å². The molecular weight excluding hydrogens is 496 g/mol. The van der Waals surface area contributed by atoms with E-state index < -0.39 is 68.6 Å². The average molecular weight is 527 g/mol. The molecule has 0 heterocycles. The first-order valence-corrected chi connectivity index (χ1v) is 12.4. The number of carboxylic acids is 4. The number of nitrogens with zero attached hydrogens (tertiary/aromatic N) is 2. The van der Waals surface area contributed by atoms with Crippen molar-refractivity contribution < 1.29 is 49.2 Å². The summed E-state index contributed by atoms with van der Waals surface area (Å²) in [6.07, 6.45) is 0. The number of carboxylic acid groups (broad SMARTS) is 4. The largest absolute Gasteiger partial charge is 0.480 e. The van der Waals surface area contributed by atoms with Gasteiger partial charge in [-0.2, -0.15) is 0 Å². The summed E-state index contributed by atoms with van der Waals surface area (Å²) in [6, 6.07) is -1.75. The van der Waals surface area contributed by atoms with Gasteiger partial charge in [0.25, 0.3) is 0 Å². The highest BCUT2D eigenvalue weighted by molar-refractivity contribution is 8.76. The van der Waals surface area contributed by atoms with Crippen molar-refractivity contribution >= 4 is 57.2 Å². The van der Waals surface area contributed by atoms with Crippen LogP contribution < -0.4 is 10.6 Å². The lowest BCUT2D eigenvalue weighted by atomic mass is 10.2. The van der Waals surface area contributed by atoms with Crippen molar-refractivity contribution in [2.24, 2.45) is 0 Å². The van der Waals surface area contributed by atoms with Crippen LogP contribution in [0.1, 0.15) is 6.92 Å². The van der Waals surface area contributed by atoms with E-state index in [1.807, 2.05) is 0 Å². The van der Waals surface area contributed by atoms with E-state index in [0.29, 0.717) is 11.5 Å². The molecule has 0 aromatic carbocycles. The Morgan fingerprint density at radius 3 is 1.74 bits per heavy atom. The molecule has 0 fully saturated rings. The van der Waals surface area contributed by atoms with Gasteiger partial charge in [-0.15, -0.1) is 0 Å². The standard InChI is InChI=1S/C18H30N4O10S2/c1-11(23)12(19-2)10-34-33-4-3-20-18(32)13(22(8-16(28)29)9-17(30)31)5-21(6-14(24)25)7-15(26)27/h12-13,19H,3-10H2,1-2H3,(H,20,32)(H,24,25)(H,26,27)(H,28,29)(H,30,31). The van der Waals surface area contributed by atoms with Crippen molar-refractivity contribution in [2.45, 2.75) is 19.0 Å². The second-order valence-electron chi connectivity index (χ2n) is 7.01. The summed E-state index contributed by atoms with van der Waals surface area (Å²) in [5.74, 6) is -5.47. The minimum atomic E-state index is -1.44. The Hall–Kier alpha value is -2.40. The molecule has 0 spiro atoms. The third-order valence-electron chi connectivity index (χ3n) is 4.21. The van der Waals surface area contributed by atoms with E-state index >= 15 is 0 Å². The number of ketones is 1. The highest BCUT2D eigenvalue weighted by atomic mass is 33.1. The Kier molecular flexibility index (Phi) is 15.9. The molecule has 2 unspecified atom stereocenters. The molecule has 0 saturated heterocycles. The van der Waals surface area contributed by atoms with Gasteiger partial charge in [0.2, 0.25) is 5.91 Å². The summed E-state index contributed by atoms with van der Waals surface area (Å²) in [5.41, 5.74) is 0. The molecule has 0 aromatic rings. The fourth-order valence-corrected chi connectivity index (χ4v) is 4.95. The zero-order valence-electron chi connectivity index (χ0n) is 18.8. The number of carbonyl (C=O) groups excluding carboxylic acids is 2. The van der Waals surface area contributed by atoms with Gasteiger partial charge >= 0.3 is 23.9 Å². The SMILES string of the molecule is CNC(CSSCCNC(=O)C(CN(CC(=O)O)CC(=O)O)N(CC(=O)O)CC(=O)O)C(C)=O. The van der Waals surface area contributed by atoms with Crippen LogP contribution in [0.4, 0.5) is 0 Å². The molecule has 0 rings (SSSR count). The van der Waals surface area contributed by atoms with E-state index in [9.17, 15) is 28.8 Å². The number of hydrogen-bond acceptors (Lipinski definition) is 11. The van der Waals surface area contributed by atoms with Gasteiger partial charge in [0, 0.05) is 24.6 Å². The molecule has 0 radical (unpaired) electrons. The van der Waals surface area contributed by atoms with Gasteiger partial charge in [0.15, 0.2) is 0 Å². The normalized spacial score (nSPS) is 12.8. The first-order chi connectivity index (χ1) is 15.9. The third-order valence-corrected chi connectivity index (χ3v) is 6.63. The van der Waals surface area contributed by atoms with E-state index in [2.05, 4.69) is 10.6 Å². The quantitative estimate of drug-likeness (QED) is 0.0745. The first kappa shape index (κ1) is 31.6. The summed E-state index contributed by atoms with van der Waals surface area (Å²) in [7, 11) is 4.43. The lowest BCUT2D eigenvalue weighted by Crippen LogP contribution is -2.56. The maximum absolute atomic E-state index is 12.8.